The number of rotatable bonds is 5. The van der Waals surface area contributed by atoms with Gasteiger partial charge < -0.3 is 14.6 Å². The number of benzene rings is 2. The summed E-state index contributed by atoms with van der Waals surface area (Å²) in [6.07, 6.45) is 0. The van der Waals surface area contributed by atoms with E-state index in [9.17, 15) is 4.79 Å². The molecule has 116 valence electrons. The molecule has 5 nitrogen and oxygen atoms in total. The zero-order chi connectivity index (χ0) is 16.2. The molecule has 2 aromatic carbocycles. The van der Waals surface area contributed by atoms with Crippen LogP contribution in [0.2, 0.25) is 0 Å². The molecular formula is C18H15NO4. The van der Waals surface area contributed by atoms with Crippen molar-refractivity contribution in [2.24, 2.45) is 0 Å². The van der Waals surface area contributed by atoms with Crippen LogP contribution in [0.25, 0.3) is 10.9 Å². The minimum absolute atomic E-state index is 0.230. The third kappa shape index (κ3) is 3.23. The Balaban J connectivity index is 1.85. The number of methoxy groups -OCH3 is 1. The van der Waals surface area contributed by atoms with Crippen molar-refractivity contribution in [3.8, 4) is 11.6 Å². The highest BCUT2D eigenvalue weighted by molar-refractivity contribution is 5.87. The first-order chi connectivity index (χ1) is 11.2. The van der Waals surface area contributed by atoms with Gasteiger partial charge in [0.1, 0.15) is 12.4 Å². The smallest absolute Gasteiger partial charge is 0.335 e. The first kappa shape index (κ1) is 14.8. The van der Waals surface area contributed by atoms with E-state index >= 15 is 0 Å². The quantitative estimate of drug-likeness (QED) is 0.781. The second-order valence-electron chi connectivity index (χ2n) is 4.96. The first-order valence-corrected chi connectivity index (χ1v) is 7.06. The van der Waals surface area contributed by atoms with Gasteiger partial charge in [-0.25, -0.2) is 9.78 Å². The van der Waals surface area contributed by atoms with Crippen LogP contribution in [0.5, 0.6) is 11.6 Å². The summed E-state index contributed by atoms with van der Waals surface area (Å²) in [5.41, 5.74) is 2.02. The van der Waals surface area contributed by atoms with E-state index in [1.165, 1.54) is 12.1 Å². The highest BCUT2D eigenvalue weighted by atomic mass is 16.5. The van der Waals surface area contributed by atoms with Crippen LogP contribution >= 0.6 is 0 Å². The van der Waals surface area contributed by atoms with Gasteiger partial charge in [0.2, 0.25) is 5.88 Å². The lowest BCUT2D eigenvalue weighted by atomic mass is 10.1. The number of fused-ring (bicyclic) bond motifs is 1. The van der Waals surface area contributed by atoms with Gasteiger partial charge >= 0.3 is 5.97 Å². The van der Waals surface area contributed by atoms with E-state index in [-0.39, 0.29) is 5.56 Å². The standard InChI is InChI=1S/C18H15NO4/c1-22-17-10-13(15-4-2-3-5-16(15)19-17)11-23-14-8-6-12(7-9-14)18(20)21/h2-10H,11H2,1H3,(H,20,21). The van der Waals surface area contributed by atoms with Crippen LogP contribution < -0.4 is 9.47 Å². The predicted molar refractivity (Wildman–Crippen MR) is 86.0 cm³/mol. The van der Waals surface area contributed by atoms with Gasteiger partial charge in [-0.15, -0.1) is 0 Å². The molecule has 0 amide bonds. The molecule has 0 radical (unpaired) electrons. The Morgan fingerprint density at radius 2 is 1.87 bits per heavy atom. The van der Waals surface area contributed by atoms with E-state index in [4.69, 9.17) is 14.6 Å². The second kappa shape index (κ2) is 6.36. The van der Waals surface area contributed by atoms with Crippen LogP contribution in [0.3, 0.4) is 0 Å². The molecule has 1 aromatic heterocycles. The average Bonchev–Trinajstić information content (AvgIpc) is 2.59. The van der Waals surface area contributed by atoms with Gasteiger partial charge in [-0.1, -0.05) is 18.2 Å². The van der Waals surface area contributed by atoms with Crippen molar-refractivity contribution in [1.29, 1.82) is 0 Å². The Bertz CT molecular complexity index is 843. The molecule has 1 N–H and O–H groups in total. The number of carboxylic acids is 1. The maximum atomic E-state index is 10.8. The fourth-order valence-corrected chi connectivity index (χ4v) is 2.30. The van der Waals surface area contributed by atoms with E-state index < -0.39 is 5.97 Å². The molecule has 0 saturated heterocycles. The normalized spacial score (nSPS) is 10.5. The summed E-state index contributed by atoms with van der Waals surface area (Å²) in [5, 5.41) is 9.89. The van der Waals surface area contributed by atoms with E-state index in [0.717, 1.165) is 16.5 Å². The van der Waals surface area contributed by atoms with Crippen LogP contribution in [0.15, 0.2) is 54.6 Å². The van der Waals surface area contributed by atoms with E-state index in [0.29, 0.717) is 18.2 Å². The summed E-state index contributed by atoms with van der Waals surface area (Å²) in [6.45, 7) is 0.339. The number of aromatic nitrogens is 1. The number of pyridine rings is 1. The van der Waals surface area contributed by atoms with Crippen molar-refractivity contribution in [2.45, 2.75) is 6.61 Å². The number of hydrogen-bond acceptors (Lipinski definition) is 4. The summed E-state index contributed by atoms with van der Waals surface area (Å²) in [7, 11) is 1.58. The summed E-state index contributed by atoms with van der Waals surface area (Å²) < 4.78 is 11.0. The lowest BCUT2D eigenvalue weighted by Gasteiger charge is -2.10. The van der Waals surface area contributed by atoms with Crippen LogP contribution in [-0.4, -0.2) is 23.2 Å². The first-order valence-electron chi connectivity index (χ1n) is 7.06. The molecule has 3 rings (SSSR count). The van der Waals surface area contributed by atoms with Gasteiger partial charge in [-0.2, -0.15) is 0 Å². The highest BCUT2D eigenvalue weighted by Gasteiger charge is 2.07. The molecule has 3 aromatic rings. The van der Waals surface area contributed by atoms with Gasteiger partial charge in [-0.3, -0.25) is 0 Å². The summed E-state index contributed by atoms with van der Waals surface area (Å²) in [5.74, 6) is 0.180. The molecule has 0 fully saturated rings. The largest absolute Gasteiger partial charge is 0.489 e. The number of para-hydroxylation sites is 1. The molecule has 0 bridgehead atoms. The number of carbonyl (C=O) groups is 1. The fraction of sp³-hybridized carbons (Fsp3) is 0.111. The fourth-order valence-electron chi connectivity index (χ4n) is 2.30. The monoisotopic (exact) mass is 309 g/mol. The topological polar surface area (TPSA) is 68.7 Å². The second-order valence-corrected chi connectivity index (χ2v) is 4.96. The lowest BCUT2D eigenvalue weighted by molar-refractivity contribution is 0.0697. The molecule has 5 heteroatoms. The van der Waals surface area contributed by atoms with Crippen molar-refractivity contribution in [3.63, 3.8) is 0 Å². The molecule has 0 aliphatic heterocycles. The van der Waals surface area contributed by atoms with Gasteiger partial charge in [-0.05, 0) is 30.3 Å². The highest BCUT2D eigenvalue weighted by Crippen LogP contribution is 2.23. The third-order valence-corrected chi connectivity index (χ3v) is 3.48. The van der Waals surface area contributed by atoms with Crippen molar-refractivity contribution >= 4 is 16.9 Å². The van der Waals surface area contributed by atoms with Crippen LogP contribution in [-0.2, 0) is 6.61 Å². The maximum absolute atomic E-state index is 10.8. The Morgan fingerprint density at radius 3 is 2.57 bits per heavy atom. The Hall–Kier alpha value is -3.08. The van der Waals surface area contributed by atoms with E-state index in [1.54, 1.807) is 19.2 Å². The minimum Gasteiger partial charge on any atom is -0.489 e. The van der Waals surface area contributed by atoms with E-state index in [2.05, 4.69) is 4.98 Å². The molecule has 0 saturated carbocycles. The van der Waals surface area contributed by atoms with Gasteiger partial charge in [0.15, 0.2) is 0 Å². The SMILES string of the molecule is COc1cc(COc2ccc(C(=O)O)cc2)c2ccccc2n1. The van der Waals surface area contributed by atoms with Crippen LogP contribution in [0, 0.1) is 0 Å². The number of aromatic carboxylic acids is 1. The summed E-state index contributed by atoms with van der Waals surface area (Å²) in [4.78, 5) is 15.2. The zero-order valence-electron chi connectivity index (χ0n) is 12.5. The zero-order valence-corrected chi connectivity index (χ0v) is 12.5. The molecule has 0 unspecified atom stereocenters. The lowest BCUT2D eigenvalue weighted by Crippen LogP contribution is -2.00. The predicted octanol–water partition coefficient (Wildman–Crippen LogP) is 3.52. The summed E-state index contributed by atoms with van der Waals surface area (Å²) >= 11 is 0. The van der Waals surface area contributed by atoms with Gasteiger partial charge in [0.05, 0.1) is 18.2 Å². The molecule has 23 heavy (non-hydrogen) atoms. The van der Waals surface area contributed by atoms with Gasteiger partial charge in [0.25, 0.3) is 0 Å². The Kier molecular flexibility index (Phi) is 4.10. The maximum Gasteiger partial charge on any atom is 0.335 e. The Morgan fingerprint density at radius 1 is 1.13 bits per heavy atom. The van der Waals surface area contributed by atoms with Crippen LogP contribution in [0.4, 0.5) is 0 Å². The minimum atomic E-state index is -0.957. The van der Waals surface area contributed by atoms with Crippen molar-refractivity contribution in [1.82, 2.24) is 4.98 Å². The number of hydrogen-bond donors (Lipinski definition) is 1. The number of ether oxygens (including phenoxy) is 2. The molecule has 0 atom stereocenters. The third-order valence-electron chi connectivity index (χ3n) is 3.48. The molecular weight excluding hydrogens is 294 g/mol. The van der Waals surface area contributed by atoms with Crippen LogP contribution in [0.1, 0.15) is 15.9 Å². The average molecular weight is 309 g/mol. The van der Waals surface area contributed by atoms with Crippen molar-refractivity contribution in [3.05, 3.63) is 65.7 Å². The molecule has 1 heterocycles. The molecule has 0 spiro atoms. The van der Waals surface area contributed by atoms with E-state index in [1.807, 2.05) is 30.3 Å². The number of carboxylic acid groups (broad SMARTS) is 1. The van der Waals surface area contributed by atoms with Crippen molar-refractivity contribution in [2.75, 3.05) is 7.11 Å². The summed E-state index contributed by atoms with van der Waals surface area (Å²) in [6, 6.07) is 15.9. The van der Waals surface area contributed by atoms with Gasteiger partial charge in [0, 0.05) is 17.0 Å². The number of nitrogens with zero attached hydrogens (tertiary/aromatic N) is 1. The van der Waals surface area contributed by atoms with Crippen molar-refractivity contribution < 1.29 is 19.4 Å². The molecule has 0 aliphatic carbocycles. The Labute approximate surface area is 133 Å². The molecule has 0 aliphatic rings.